The van der Waals surface area contributed by atoms with E-state index in [2.05, 4.69) is 15.4 Å². The average molecular weight is 244 g/mol. The van der Waals surface area contributed by atoms with E-state index >= 15 is 0 Å². The van der Waals surface area contributed by atoms with Crippen molar-refractivity contribution in [2.75, 3.05) is 0 Å². The second kappa shape index (κ2) is 3.99. The minimum Gasteiger partial charge on any atom is -0.364 e. The molecule has 0 radical (unpaired) electrons. The van der Waals surface area contributed by atoms with E-state index < -0.39 is 0 Å². The van der Waals surface area contributed by atoms with Gasteiger partial charge in [-0.05, 0) is 24.4 Å². The van der Waals surface area contributed by atoms with Gasteiger partial charge in [0.05, 0.1) is 11.8 Å². The lowest BCUT2D eigenvalue weighted by Gasteiger charge is -2.03. The van der Waals surface area contributed by atoms with Crippen molar-refractivity contribution in [3.05, 3.63) is 47.6 Å². The van der Waals surface area contributed by atoms with Gasteiger partial charge in [0.25, 0.3) is 0 Å². The lowest BCUT2D eigenvalue weighted by atomic mass is 10.3. The molecule has 0 saturated carbocycles. The first-order valence-electron chi connectivity index (χ1n) is 4.99. The Labute approximate surface area is 102 Å². The molecule has 0 amide bonds. The van der Waals surface area contributed by atoms with Gasteiger partial charge in [-0.25, -0.2) is 0 Å². The van der Waals surface area contributed by atoms with Crippen LogP contribution in [-0.4, -0.2) is 19.9 Å². The third kappa shape index (κ3) is 1.68. The fraction of sp³-hybridized carbons (Fsp3) is 0. The summed E-state index contributed by atoms with van der Waals surface area (Å²) in [6.45, 7) is 0. The number of nitrogens with one attached hydrogen (secondary N) is 1. The molecule has 5 nitrogen and oxygen atoms in total. The van der Waals surface area contributed by atoms with Gasteiger partial charge < -0.3 is 4.52 Å². The minimum atomic E-state index is 0.535. The molecule has 84 valence electrons. The largest absolute Gasteiger partial charge is 0.364 e. The maximum Gasteiger partial charge on any atom is 0.200 e. The van der Waals surface area contributed by atoms with Crippen LogP contribution in [0, 0.1) is 4.77 Å². The molecular formula is C11H8N4OS. The van der Waals surface area contributed by atoms with Crippen molar-refractivity contribution in [3.63, 3.8) is 0 Å². The summed E-state index contributed by atoms with van der Waals surface area (Å²) >= 11 is 5.22. The van der Waals surface area contributed by atoms with Gasteiger partial charge in [-0.15, -0.1) is 0 Å². The normalized spacial score (nSPS) is 10.6. The molecule has 3 aromatic rings. The van der Waals surface area contributed by atoms with Crippen LogP contribution < -0.4 is 0 Å². The molecule has 3 rings (SSSR count). The number of nitrogens with zero attached hydrogens (tertiary/aromatic N) is 3. The molecule has 0 aliphatic carbocycles. The van der Waals surface area contributed by atoms with Crippen LogP contribution in [0.3, 0.4) is 0 Å². The summed E-state index contributed by atoms with van der Waals surface area (Å²) < 4.78 is 7.19. The Kier molecular flexibility index (Phi) is 2.34. The molecule has 6 heteroatoms. The zero-order valence-electron chi connectivity index (χ0n) is 8.70. The predicted molar refractivity (Wildman–Crippen MR) is 64.2 cm³/mol. The monoisotopic (exact) mass is 244 g/mol. The summed E-state index contributed by atoms with van der Waals surface area (Å²) in [6, 6.07) is 9.76. The molecule has 1 aromatic carbocycles. The molecule has 0 atom stereocenters. The summed E-state index contributed by atoms with van der Waals surface area (Å²) in [5.74, 6) is 0.683. The third-order valence-electron chi connectivity index (χ3n) is 2.38. The molecule has 0 spiro atoms. The number of benzene rings is 1. The summed E-state index contributed by atoms with van der Waals surface area (Å²) in [4.78, 5) is 0. The number of aromatic amines is 1. The fourth-order valence-electron chi connectivity index (χ4n) is 1.62. The van der Waals surface area contributed by atoms with Crippen molar-refractivity contribution >= 4 is 12.2 Å². The first-order chi connectivity index (χ1) is 8.36. The highest BCUT2D eigenvalue weighted by Gasteiger charge is 2.11. The molecular weight excluding hydrogens is 236 g/mol. The Morgan fingerprint density at radius 3 is 2.76 bits per heavy atom. The molecule has 0 saturated heterocycles. The molecule has 0 aliphatic heterocycles. The maximum absolute atomic E-state index is 5.22. The topological polar surface area (TPSA) is 59.6 Å². The first-order valence-corrected chi connectivity index (χ1v) is 5.39. The second-order valence-corrected chi connectivity index (χ2v) is 3.82. The van der Waals surface area contributed by atoms with Crippen LogP contribution in [0.1, 0.15) is 0 Å². The minimum absolute atomic E-state index is 0.535. The maximum atomic E-state index is 5.22. The van der Waals surface area contributed by atoms with Crippen molar-refractivity contribution < 1.29 is 4.52 Å². The Bertz CT molecular complexity index is 669. The Balaban J connectivity index is 2.24. The van der Waals surface area contributed by atoms with Crippen LogP contribution >= 0.6 is 12.2 Å². The molecule has 0 unspecified atom stereocenters. The van der Waals surface area contributed by atoms with E-state index in [0.29, 0.717) is 10.6 Å². The lowest BCUT2D eigenvalue weighted by Crippen LogP contribution is -1.96. The van der Waals surface area contributed by atoms with E-state index in [-0.39, 0.29) is 0 Å². The molecule has 17 heavy (non-hydrogen) atoms. The summed E-state index contributed by atoms with van der Waals surface area (Å²) in [5.41, 5.74) is 1.73. The zero-order chi connectivity index (χ0) is 11.7. The van der Waals surface area contributed by atoms with E-state index in [1.165, 1.54) is 6.26 Å². The van der Waals surface area contributed by atoms with E-state index in [1.54, 1.807) is 6.20 Å². The average Bonchev–Trinajstić information content (AvgIpc) is 2.98. The molecule has 1 N–H and O–H groups in total. The highest BCUT2D eigenvalue weighted by molar-refractivity contribution is 7.71. The number of H-pyrrole nitrogens is 1. The van der Waals surface area contributed by atoms with Gasteiger partial charge in [-0.3, -0.25) is 9.67 Å². The van der Waals surface area contributed by atoms with Gasteiger partial charge in [0, 0.05) is 5.69 Å². The van der Waals surface area contributed by atoms with E-state index in [1.807, 2.05) is 34.9 Å². The van der Waals surface area contributed by atoms with Crippen LogP contribution in [0.5, 0.6) is 0 Å². The zero-order valence-corrected chi connectivity index (χ0v) is 9.52. The van der Waals surface area contributed by atoms with Crippen molar-refractivity contribution in [2.45, 2.75) is 0 Å². The fourth-order valence-corrected chi connectivity index (χ4v) is 1.86. The van der Waals surface area contributed by atoms with Gasteiger partial charge in [0.2, 0.25) is 0 Å². The molecule has 0 aliphatic rings. The molecule has 0 bridgehead atoms. The van der Waals surface area contributed by atoms with E-state index in [9.17, 15) is 0 Å². The van der Waals surface area contributed by atoms with Gasteiger partial charge in [0.1, 0.15) is 6.26 Å². The van der Waals surface area contributed by atoms with Gasteiger partial charge in [-0.1, -0.05) is 23.4 Å². The van der Waals surface area contributed by atoms with Crippen molar-refractivity contribution in [1.29, 1.82) is 0 Å². The van der Waals surface area contributed by atoms with Crippen LogP contribution in [0.2, 0.25) is 0 Å². The summed E-state index contributed by atoms with van der Waals surface area (Å²) in [5, 5.41) is 10.6. The predicted octanol–water partition coefficient (Wildman–Crippen LogP) is 2.58. The van der Waals surface area contributed by atoms with Crippen LogP contribution in [0.25, 0.3) is 17.1 Å². The van der Waals surface area contributed by atoms with Crippen LogP contribution in [-0.2, 0) is 0 Å². The van der Waals surface area contributed by atoms with Crippen LogP contribution in [0.4, 0.5) is 0 Å². The molecule has 0 fully saturated rings. The number of rotatable bonds is 2. The number of hydrogen-bond acceptors (Lipinski definition) is 4. The van der Waals surface area contributed by atoms with Crippen molar-refractivity contribution in [3.8, 4) is 17.1 Å². The highest BCUT2D eigenvalue weighted by atomic mass is 32.1. The van der Waals surface area contributed by atoms with Crippen LogP contribution in [0.15, 0.2) is 47.3 Å². The molecule has 2 heterocycles. The number of para-hydroxylation sites is 1. The summed E-state index contributed by atoms with van der Waals surface area (Å²) in [7, 11) is 0. The van der Waals surface area contributed by atoms with Gasteiger partial charge in [0.15, 0.2) is 10.6 Å². The smallest absolute Gasteiger partial charge is 0.200 e. The van der Waals surface area contributed by atoms with Gasteiger partial charge >= 0.3 is 0 Å². The second-order valence-electron chi connectivity index (χ2n) is 3.44. The first kappa shape index (κ1) is 9.98. The number of hydrogen-bond donors (Lipinski definition) is 1. The quantitative estimate of drug-likeness (QED) is 0.704. The Hall–Kier alpha value is -2.21. The third-order valence-corrected chi connectivity index (χ3v) is 2.65. The van der Waals surface area contributed by atoms with E-state index in [4.69, 9.17) is 16.7 Å². The van der Waals surface area contributed by atoms with E-state index in [0.717, 1.165) is 11.3 Å². The Morgan fingerprint density at radius 1 is 1.24 bits per heavy atom. The lowest BCUT2D eigenvalue weighted by molar-refractivity contribution is 0.420. The Morgan fingerprint density at radius 2 is 2.06 bits per heavy atom. The summed E-state index contributed by atoms with van der Waals surface area (Å²) in [6.07, 6.45) is 3.13. The van der Waals surface area contributed by atoms with Gasteiger partial charge in [-0.2, -0.15) is 5.10 Å². The number of aromatic nitrogens is 4. The molecule has 2 aromatic heterocycles. The highest BCUT2D eigenvalue weighted by Crippen LogP contribution is 2.20. The van der Waals surface area contributed by atoms with Crippen molar-refractivity contribution in [2.24, 2.45) is 0 Å². The van der Waals surface area contributed by atoms with Crippen molar-refractivity contribution in [1.82, 2.24) is 19.9 Å². The SMILES string of the molecule is S=c1[nH]nc(-c2cnoc2)n1-c1ccccc1. The standard InChI is InChI=1S/C11H8N4OS/c17-11-14-13-10(8-6-12-16-7-8)15(11)9-4-2-1-3-5-9/h1-7H,(H,14,17).